The van der Waals surface area contributed by atoms with Crippen LogP contribution in [0.3, 0.4) is 0 Å². The van der Waals surface area contributed by atoms with Gasteiger partial charge in [-0.25, -0.2) is 0 Å². The first kappa shape index (κ1) is 15.4. The van der Waals surface area contributed by atoms with Crippen molar-refractivity contribution in [3.8, 4) is 5.75 Å². The molecule has 120 valence electrons. The Morgan fingerprint density at radius 2 is 1.74 bits per heavy atom. The molecule has 0 aromatic heterocycles. The molecule has 1 aliphatic heterocycles. The van der Waals surface area contributed by atoms with Crippen LogP contribution in [0.5, 0.6) is 5.75 Å². The van der Waals surface area contributed by atoms with Crippen molar-refractivity contribution in [3.05, 3.63) is 59.7 Å². The minimum atomic E-state index is -0.595. The van der Waals surface area contributed by atoms with Crippen LogP contribution < -0.4 is 10.1 Å². The lowest BCUT2D eigenvalue weighted by Gasteiger charge is -2.44. The molecule has 0 spiro atoms. The molecule has 1 aliphatic rings. The summed E-state index contributed by atoms with van der Waals surface area (Å²) in [6.07, 6.45) is 0.139. The SMILES string of the molecule is CC(C)Oc1ccc(C2(C)Nc3ccccc3C(=O)N2C)cc1. The summed E-state index contributed by atoms with van der Waals surface area (Å²) in [4.78, 5) is 14.4. The normalized spacial score (nSPS) is 20.2. The first-order valence-corrected chi connectivity index (χ1v) is 7.84. The van der Waals surface area contributed by atoms with Gasteiger partial charge >= 0.3 is 0 Å². The third-order valence-electron chi connectivity index (χ3n) is 4.30. The van der Waals surface area contributed by atoms with Gasteiger partial charge in [0.25, 0.3) is 5.91 Å². The van der Waals surface area contributed by atoms with Crippen LogP contribution in [-0.4, -0.2) is 24.0 Å². The van der Waals surface area contributed by atoms with E-state index in [9.17, 15) is 4.79 Å². The first-order valence-electron chi connectivity index (χ1n) is 7.84. The van der Waals surface area contributed by atoms with Gasteiger partial charge in [-0.3, -0.25) is 4.79 Å². The zero-order chi connectivity index (χ0) is 16.6. The summed E-state index contributed by atoms with van der Waals surface area (Å²) >= 11 is 0. The zero-order valence-corrected chi connectivity index (χ0v) is 14.0. The molecule has 3 rings (SSSR count). The van der Waals surface area contributed by atoms with Crippen LogP contribution in [0.15, 0.2) is 48.5 Å². The van der Waals surface area contributed by atoms with Crippen molar-refractivity contribution < 1.29 is 9.53 Å². The van der Waals surface area contributed by atoms with Crippen molar-refractivity contribution in [2.24, 2.45) is 0 Å². The largest absolute Gasteiger partial charge is 0.491 e. The minimum absolute atomic E-state index is 0.0179. The summed E-state index contributed by atoms with van der Waals surface area (Å²) in [7, 11) is 1.82. The molecule has 2 aromatic carbocycles. The van der Waals surface area contributed by atoms with Crippen LogP contribution in [0.4, 0.5) is 5.69 Å². The Bertz CT molecular complexity index is 724. The molecule has 0 bridgehead atoms. The maximum absolute atomic E-state index is 12.7. The molecule has 1 unspecified atom stereocenters. The lowest BCUT2D eigenvalue weighted by molar-refractivity contribution is 0.0615. The van der Waals surface area contributed by atoms with Gasteiger partial charge in [-0.15, -0.1) is 0 Å². The molecule has 23 heavy (non-hydrogen) atoms. The number of nitrogens with one attached hydrogen (secondary N) is 1. The number of benzene rings is 2. The predicted octanol–water partition coefficient (Wildman–Crippen LogP) is 3.84. The van der Waals surface area contributed by atoms with Gasteiger partial charge in [0.15, 0.2) is 0 Å². The Labute approximate surface area is 137 Å². The highest BCUT2D eigenvalue weighted by atomic mass is 16.5. The number of carbonyl (C=O) groups excluding carboxylic acids is 1. The zero-order valence-electron chi connectivity index (χ0n) is 14.0. The second-order valence-electron chi connectivity index (χ2n) is 6.30. The maximum Gasteiger partial charge on any atom is 0.257 e. The molecule has 4 heteroatoms. The van der Waals surface area contributed by atoms with E-state index >= 15 is 0 Å². The van der Waals surface area contributed by atoms with Crippen molar-refractivity contribution in [2.45, 2.75) is 32.5 Å². The number of ether oxygens (including phenoxy) is 1. The molecular formula is C19H22N2O2. The number of carbonyl (C=O) groups is 1. The standard InChI is InChI=1S/C19H22N2O2/c1-13(2)23-15-11-9-14(10-12-15)19(3)20-17-8-6-5-7-16(17)18(22)21(19)4/h5-13,20H,1-4H3. The van der Waals surface area contributed by atoms with Gasteiger partial charge in [-0.1, -0.05) is 24.3 Å². The molecule has 0 saturated heterocycles. The maximum atomic E-state index is 12.7. The van der Waals surface area contributed by atoms with Crippen LogP contribution in [0.1, 0.15) is 36.7 Å². The molecule has 1 heterocycles. The Morgan fingerprint density at radius 1 is 1.09 bits per heavy atom. The van der Waals surface area contributed by atoms with E-state index in [1.165, 1.54) is 0 Å². The van der Waals surface area contributed by atoms with Crippen LogP contribution in [0, 0.1) is 0 Å². The lowest BCUT2D eigenvalue weighted by Crippen LogP contribution is -2.53. The Morgan fingerprint density at radius 3 is 2.39 bits per heavy atom. The summed E-state index contributed by atoms with van der Waals surface area (Å²) < 4.78 is 5.69. The number of fused-ring (bicyclic) bond motifs is 1. The molecule has 1 amide bonds. The van der Waals surface area contributed by atoms with Crippen LogP contribution in [-0.2, 0) is 5.66 Å². The van der Waals surface area contributed by atoms with Gasteiger partial charge in [-0.2, -0.15) is 0 Å². The van der Waals surface area contributed by atoms with E-state index in [-0.39, 0.29) is 12.0 Å². The third-order valence-corrected chi connectivity index (χ3v) is 4.30. The van der Waals surface area contributed by atoms with Gasteiger partial charge in [0.1, 0.15) is 11.4 Å². The second kappa shape index (κ2) is 5.61. The van der Waals surface area contributed by atoms with E-state index in [0.717, 1.165) is 17.0 Å². The van der Waals surface area contributed by atoms with Crippen molar-refractivity contribution in [3.63, 3.8) is 0 Å². The summed E-state index contributed by atoms with van der Waals surface area (Å²) in [6.45, 7) is 6.02. The summed E-state index contributed by atoms with van der Waals surface area (Å²) in [5, 5.41) is 3.49. The molecule has 0 fully saturated rings. The number of amides is 1. The molecule has 0 aliphatic carbocycles. The van der Waals surface area contributed by atoms with Gasteiger partial charge in [0.05, 0.1) is 11.7 Å². The van der Waals surface area contributed by atoms with Crippen LogP contribution in [0.25, 0.3) is 0 Å². The first-order chi connectivity index (χ1) is 10.9. The summed E-state index contributed by atoms with van der Waals surface area (Å²) in [5.74, 6) is 0.849. The summed E-state index contributed by atoms with van der Waals surface area (Å²) in [5.41, 5.74) is 1.98. The van der Waals surface area contributed by atoms with Crippen molar-refractivity contribution in [1.82, 2.24) is 4.90 Å². The lowest BCUT2D eigenvalue weighted by atomic mass is 9.94. The van der Waals surface area contributed by atoms with E-state index in [0.29, 0.717) is 5.56 Å². The number of rotatable bonds is 3. The van der Waals surface area contributed by atoms with Gasteiger partial charge in [0, 0.05) is 12.7 Å². The highest BCUT2D eigenvalue weighted by Crippen LogP contribution is 2.37. The molecule has 0 radical (unpaired) electrons. The van der Waals surface area contributed by atoms with E-state index in [1.807, 2.05) is 76.3 Å². The van der Waals surface area contributed by atoms with E-state index in [2.05, 4.69) is 5.32 Å². The fourth-order valence-corrected chi connectivity index (χ4v) is 2.90. The van der Waals surface area contributed by atoms with E-state index < -0.39 is 5.66 Å². The summed E-state index contributed by atoms with van der Waals surface area (Å²) in [6, 6.07) is 15.5. The third kappa shape index (κ3) is 2.65. The van der Waals surface area contributed by atoms with Crippen LogP contribution in [0.2, 0.25) is 0 Å². The van der Waals surface area contributed by atoms with Gasteiger partial charge in [0.2, 0.25) is 0 Å². The van der Waals surface area contributed by atoms with E-state index in [4.69, 9.17) is 4.74 Å². The molecule has 4 nitrogen and oxygen atoms in total. The smallest absolute Gasteiger partial charge is 0.257 e. The number of para-hydroxylation sites is 1. The minimum Gasteiger partial charge on any atom is -0.491 e. The number of hydrogen-bond donors (Lipinski definition) is 1. The topological polar surface area (TPSA) is 41.6 Å². The fraction of sp³-hybridized carbons (Fsp3) is 0.316. The quantitative estimate of drug-likeness (QED) is 0.936. The second-order valence-corrected chi connectivity index (χ2v) is 6.30. The highest BCUT2D eigenvalue weighted by Gasteiger charge is 2.40. The van der Waals surface area contributed by atoms with Gasteiger partial charge < -0.3 is 15.0 Å². The Hall–Kier alpha value is -2.49. The highest BCUT2D eigenvalue weighted by molar-refractivity contribution is 6.02. The predicted molar refractivity (Wildman–Crippen MR) is 91.7 cm³/mol. The van der Waals surface area contributed by atoms with Crippen LogP contribution >= 0.6 is 0 Å². The van der Waals surface area contributed by atoms with Gasteiger partial charge in [-0.05, 0) is 50.6 Å². The molecular weight excluding hydrogens is 288 g/mol. The van der Waals surface area contributed by atoms with Crippen molar-refractivity contribution >= 4 is 11.6 Å². The van der Waals surface area contributed by atoms with Crippen molar-refractivity contribution in [2.75, 3.05) is 12.4 Å². The Kier molecular flexibility index (Phi) is 3.76. The molecule has 1 N–H and O–H groups in total. The Balaban J connectivity index is 1.97. The number of anilines is 1. The van der Waals surface area contributed by atoms with E-state index in [1.54, 1.807) is 4.90 Å². The number of nitrogens with zero attached hydrogens (tertiary/aromatic N) is 1. The monoisotopic (exact) mass is 310 g/mol. The molecule has 0 saturated carbocycles. The molecule has 1 atom stereocenters. The average molecular weight is 310 g/mol. The molecule has 2 aromatic rings. The average Bonchev–Trinajstić information content (AvgIpc) is 2.53. The van der Waals surface area contributed by atoms with Crippen molar-refractivity contribution in [1.29, 1.82) is 0 Å². The fourth-order valence-electron chi connectivity index (χ4n) is 2.90. The number of hydrogen-bond acceptors (Lipinski definition) is 3.